The molecule has 140 valence electrons. The number of hydrogen-bond donors (Lipinski definition) is 1. The quantitative estimate of drug-likeness (QED) is 0.573. The normalized spacial score (nSPS) is 10.9. The Balaban J connectivity index is 1.69. The van der Waals surface area contributed by atoms with Crippen molar-refractivity contribution in [2.45, 2.75) is 20.4 Å². The van der Waals surface area contributed by atoms with E-state index in [0.29, 0.717) is 23.2 Å². The highest BCUT2D eigenvalue weighted by Crippen LogP contribution is 2.20. The lowest BCUT2D eigenvalue weighted by atomic mass is 10.1. The zero-order valence-electron chi connectivity index (χ0n) is 15.7. The molecule has 0 atom stereocenters. The fourth-order valence-electron chi connectivity index (χ4n) is 3.18. The first-order valence-corrected chi connectivity index (χ1v) is 9.07. The summed E-state index contributed by atoms with van der Waals surface area (Å²) in [5.41, 5.74) is 5.35. The van der Waals surface area contributed by atoms with Gasteiger partial charge in [-0.2, -0.15) is 0 Å². The molecule has 5 nitrogen and oxygen atoms in total. The number of nitrogens with one attached hydrogen (secondary N) is 1. The summed E-state index contributed by atoms with van der Waals surface area (Å²) in [7, 11) is 0. The van der Waals surface area contributed by atoms with Crippen molar-refractivity contribution in [1.82, 2.24) is 4.57 Å². The number of oxazole rings is 1. The van der Waals surface area contributed by atoms with E-state index >= 15 is 0 Å². The van der Waals surface area contributed by atoms with Crippen LogP contribution in [0.3, 0.4) is 0 Å². The Hall–Kier alpha value is -3.60. The molecule has 1 heterocycles. The van der Waals surface area contributed by atoms with Gasteiger partial charge in [0.1, 0.15) is 0 Å². The monoisotopic (exact) mass is 372 g/mol. The molecule has 0 radical (unpaired) electrons. The van der Waals surface area contributed by atoms with Crippen LogP contribution in [0.1, 0.15) is 27.0 Å². The second-order valence-electron chi connectivity index (χ2n) is 6.89. The molecule has 3 aromatic carbocycles. The third kappa shape index (κ3) is 3.47. The van der Waals surface area contributed by atoms with E-state index in [1.54, 1.807) is 22.8 Å². The van der Waals surface area contributed by atoms with E-state index in [2.05, 4.69) is 5.32 Å². The average molecular weight is 372 g/mol. The van der Waals surface area contributed by atoms with Crippen LogP contribution in [0, 0.1) is 13.8 Å². The Kier molecular flexibility index (Phi) is 4.57. The van der Waals surface area contributed by atoms with Crippen molar-refractivity contribution >= 4 is 22.7 Å². The third-order valence-electron chi connectivity index (χ3n) is 4.75. The molecule has 4 rings (SSSR count). The molecule has 0 aliphatic heterocycles. The van der Waals surface area contributed by atoms with Crippen LogP contribution in [0.2, 0.25) is 0 Å². The first-order valence-electron chi connectivity index (χ1n) is 9.07. The second-order valence-corrected chi connectivity index (χ2v) is 6.89. The van der Waals surface area contributed by atoms with Gasteiger partial charge in [0.15, 0.2) is 5.58 Å². The topological polar surface area (TPSA) is 64.2 Å². The molecule has 1 aromatic heterocycles. The van der Waals surface area contributed by atoms with Crippen LogP contribution in [0.4, 0.5) is 5.69 Å². The summed E-state index contributed by atoms with van der Waals surface area (Å²) in [5, 5.41) is 2.95. The van der Waals surface area contributed by atoms with Crippen molar-refractivity contribution in [1.29, 1.82) is 0 Å². The van der Waals surface area contributed by atoms with E-state index in [-0.39, 0.29) is 5.91 Å². The lowest BCUT2D eigenvalue weighted by Gasteiger charge is -2.10. The number of anilines is 1. The molecule has 0 aliphatic rings. The Morgan fingerprint density at radius 1 is 1.00 bits per heavy atom. The molecule has 1 N–H and O–H groups in total. The van der Waals surface area contributed by atoms with E-state index in [4.69, 9.17) is 4.42 Å². The molecule has 4 aromatic rings. The maximum Gasteiger partial charge on any atom is 0.420 e. The van der Waals surface area contributed by atoms with Gasteiger partial charge in [0.05, 0.1) is 12.1 Å². The molecule has 28 heavy (non-hydrogen) atoms. The summed E-state index contributed by atoms with van der Waals surface area (Å²) >= 11 is 0. The molecule has 0 unspecified atom stereocenters. The number of carbonyl (C=O) groups excluding carboxylic acids is 1. The number of carbonyl (C=O) groups is 1. The van der Waals surface area contributed by atoms with Gasteiger partial charge in [0.2, 0.25) is 0 Å². The summed E-state index contributed by atoms with van der Waals surface area (Å²) < 4.78 is 6.88. The van der Waals surface area contributed by atoms with Gasteiger partial charge in [-0.1, -0.05) is 42.5 Å². The van der Waals surface area contributed by atoms with Crippen molar-refractivity contribution in [3.05, 3.63) is 99.5 Å². The molecule has 0 fully saturated rings. The smallest absolute Gasteiger partial charge is 0.408 e. The van der Waals surface area contributed by atoms with Gasteiger partial charge in [0.25, 0.3) is 5.91 Å². The largest absolute Gasteiger partial charge is 0.420 e. The van der Waals surface area contributed by atoms with Crippen molar-refractivity contribution in [3.63, 3.8) is 0 Å². The number of fused-ring (bicyclic) bond motifs is 1. The molecule has 5 heteroatoms. The predicted octanol–water partition coefficient (Wildman–Crippen LogP) is 4.51. The van der Waals surface area contributed by atoms with E-state index in [0.717, 1.165) is 22.4 Å². The van der Waals surface area contributed by atoms with Gasteiger partial charge in [-0.3, -0.25) is 9.36 Å². The van der Waals surface area contributed by atoms with E-state index < -0.39 is 5.76 Å². The van der Waals surface area contributed by atoms with Gasteiger partial charge < -0.3 is 9.73 Å². The van der Waals surface area contributed by atoms with Crippen molar-refractivity contribution in [3.8, 4) is 0 Å². The van der Waals surface area contributed by atoms with Gasteiger partial charge in [-0.15, -0.1) is 0 Å². The van der Waals surface area contributed by atoms with Gasteiger partial charge in [-0.25, -0.2) is 4.79 Å². The van der Waals surface area contributed by atoms with E-state index in [1.807, 2.05) is 62.4 Å². The van der Waals surface area contributed by atoms with Crippen LogP contribution in [0.5, 0.6) is 0 Å². The van der Waals surface area contributed by atoms with Crippen LogP contribution in [0.25, 0.3) is 11.1 Å². The minimum absolute atomic E-state index is 0.226. The van der Waals surface area contributed by atoms with Crippen molar-refractivity contribution < 1.29 is 9.21 Å². The highest BCUT2D eigenvalue weighted by molar-refractivity contribution is 6.06. The first kappa shape index (κ1) is 17.8. The van der Waals surface area contributed by atoms with Crippen LogP contribution in [-0.4, -0.2) is 10.5 Å². The number of benzene rings is 3. The summed E-state index contributed by atoms with van der Waals surface area (Å²) in [6.45, 7) is 4.31. The lowest BCUT2D eigenvalue weighted by molar-refractivity contribution is 0.102. The zero-order chi connectivity index (χ0) is 19.7. The Morgan fingerprint density at radius 3 is 2.57 bits per heavy atom. The Labute approximate surface area is 162 Å². The summed E-state index contributed by atoms with van der Waals surface area (Å²) in [6, 6.07) is 20.6. The zero-order valence-corrected chi connectivity index (χ0v) is 15.7. The summed E-state index contributed by atoms with van der Waals surface area (Å²) in [4.78, 5) is 25.1. The highest BCUT2D eigenvalue weighted by atomic mass is 16.4. The number of nitrogens with zero attached hydrogens (tertiary/aromatic N) is 1. The summed E-state index contributed by atoms with van der Waals surface area (Å²) in [6.07, 6.45) is 0. The number of amides is 1. The van der Waals surface area contributed by atoms with Crippen LogP contribution < -0.4 is 11.1 Å². The number of aromatic nitrogens is 1. The molecule has 0 spiro atoms. The van der Waals surface area contributed by atoms with E-state index in [1.165, 1.54) is 0 Å². The Bertz CT molecular complexity index is 1220. The third-order valence-corrected chi connectivity index (χ3v) is 4.75. The summed E-state index contributed by atoms with van der Waals surface area (Å²) in [5.74, 6) is -0.665. The molecule has 0 aliphatic carbocycles. The minimum Gasteiger partial charge on any atom is -0.408 e. The van der Waals surface area contributed by atoms with Gasteiger partial charge >= 0.3 is 5.76 Å². The maximum absolute atomic E-state index is 12.8. The van der Waals surface area contributed by atoms with Gasteiger partial charge in [-0.05, 0) is 54.8 Å². The molecule has 0 bridgehead atoms. The molecule has 1 amide bonds. The van der Waals surface area contributed by atoms with Crippen LogP contribution in [-0.2, 0) is 6.54 Å². The minimum atomic E-state index is -0.439. The number of aryl methyl sites for hydroxylation is 2. The fraction of sp³-hybridized carbons (Fsp3) is 0.130. The number of hydrogen-bond acceptors (Lipinski definition) is 3. The number of rotatable bonds is 4. The molecule has 0 saturated carbocycles. The van der Waals surface area contributed by atoms with E-state index in [9.17, 15) is 9.59 Å². The molecular formula is C23H20N2O3. The standard InChI is InChI=1S/C23H20N2O3/c1-15-8-9-16(2)19(12-15)24-22(26)18-10-11-21-20(13-18)25(23(27)28-21)14-17-6-4-3-5-7-17/h3-13H,14H2,1-2H3,(H,24,26). The van der Waals surface area contributed by atoms with Crippen molar-refractivity contribution in [2.75, 3.05) is 5.32 Å². The van der Waals surface area contributed by atoms with Crippen LogP contribution >= 0.6 is 0 Å². The fourth-order valence-corrected chi connectivity index (χ4v) is 3.18. The van der Waals surface area contributed by atoms with Gasteiger partial charge in [0, 0.05) is 11.3 Å². The lowest BCUT2D eigenvalue weighted by Crippen LogP contribution is -2.16. The maximum atomic E-state index is 12.8. The highest BCUT2D eigenvalue weighted by Gasteiger charge is 2.14. The predicted molar refractivity (Wildman–Crippen MR) is 110 cm³/mol. The molecule has 0 saturated heterocycles. The second kappa shape index (κ2) is 7.19. The van der Waals surface area contributed by atoms with Crippen LogP contribution in [0.15, 0.2) is 75.9 Å². The average Bonchev–Trinajstić information content (AvgIpc) is 3.00. The van der Waals surface area contributed by atoms with Crippen molar-refractivity contribution in [2.24, 2.45) is 0 Å². The Morgan fingerprint density at radius 2 is 1.79 bits per heavy atom. The first-order chi connectivity index (χ1) is 13.5. The SMILES string of the molecule is Cc1ccc(C)c(NC(=O)c2ccc3oc(=O)n(Cc4ccccc4)c3c2)c1. The molecular weight excluding hydrogens is 352 g/mol.